The number of hydrogen-bond acceptors (Lipinski definition) is 14. The number of rotatable bonds is 9. The van der Waals surface area contributed by atoms with Crippen LogP contribution >= 0.6 is 23.8 Å². The summed E-state index contributed by atoms with van der Waals surface area (Å²) in [5.74, 6) is -1.36. The normalized spacial score (nSPS) is 31.4. The smallest absolute Gasteiger partial charge is 0.463 e. The van der Waals surface area contributed by atoms with Gasteiger partial charge in [-0.1, -0.05) is 13.8 Å². The van der Waals surface area contributed by atoms with E-state index in [4.69, 9.17) is 34.5 Å². The minimum Gasteiger partial charge on any atom is -0.463 e. The quantitative estimate of drug-likeness (QED) is 0.168. The van der Waals surface area contributed by atoms with Gasteiger partial charge in [0.25, 0.3) is 0 Å². The molecule has 6 N–H and O–H groups in total. The summed E-state index contributed by atoms with van der Waals surface area (Å²) in [5.41, 5.74) is 10.7. The Kier molecular flexibility index (Phi) is 8.95. The van der Waals surface area contributed by atoms with Gasteiger partial charge in [0.05, 0.1) is 32.1 Å². The number of aliphatic hydroxyl groups is 1. The van der Waals surface area contributed by atoms with E-state index in [0.717, 1.165) is 4.57 Å². The Morgan fingerprint density at radius 3 is 2.76 bits per heavy atom. The summed E-state index contributed by atoms with van der Waals surface area (Å²) >= 11 is 2.86. The number of alkyl halides is 2. The van der Waals surface area contributed by atoms with Crippen LogP contribution in [-0.4, -0.2) is 85.3 Å². The number of nitrogens with one attached hydrogen (secondary N) is 1. The number of carbonyl (C=O) groups is 2. The van der Waals surface area contributed by atoms with Crippen molar-refractivity contribution < 1.29 is 46.7 Å². The van der Waals surface area contributed by atoms with E-state index in [-0.39, 0.29) is 48.6 Å². The highest BCUT2D eigenvalue weighted by Gasteiger charge is 2.58. The number of esters is 1. The van der Waals surface area contributed by atoms with Gasteiger partial charge in [0.1, 0.15) is 17.7 Å². The monoisotopic (exact) mass is 667 g/mol. The Hall–Kier alpha value is -2.47. The van der Waals surface area contributed by atoms with Crippen molar-refractivity contribution in [2.24, 2.45) is 5.41 Å². The van der Waals surface area contributed by atoms with Gasteiger partial charge in [0.15, 0.2) is 23.8 Å². The molecule has 0 aliphatic carbocycles. The molecule has 2 aromatic rings. The van der Waals surface area contributed by atoms with Crippen LogP contribution in [0, 0.1) is 5.41 Å². The summed E-state index contributed by atoms with van der Waals surface area (Å²) in [7, 11) is -4.38. The SMILES string of the molecule is CC(C)OC(=O)CCNC(=O)[C@@H]1OP(=O)(OC[C@H]2O[C@@H](n3cnc4c(N)nc(N)nc43)C(F)(Br)C2O)OCC1(C)C. The van der Waals surface area contributed by atoms with Gasteiger partial charge in [-0.25, -0.2) is 13.9 Å². The zero-order chi connectivity index (χ0) is 30.3. The van der Waals surface area contributed by atoms with Crippen molar-refractivity contribution in [1.82, 2.24) is 24.8 Å². The third-order valence-corrected chi connectivity index (χ3v) is 8.51. The van der Waals surface area contributed by atoms with Crippen LogP contribution in [0.5, 0.6) is 0 Å². The third-order valence-electron chi connectivity index (χ3n) is 6.27. The average Bonchev–Trinajstić information content (AvgIpc) is 3.37. The van der Waals surface area contributed by atoms with E-state index in [9.17, 15) is 19.3 Å². The molecule has 2 saturated heterocycles. The fourth-order valence-corrected chi connectivity index (χ4v) is 6.47. The number of phosphoric ester groups is 1. The number of anilines is 2. The second kappa shape index (κ2) is 11.7. The number of nitrogens with zero attached hydrogens (tertiary/aromatic N) is 4. The number of ether oxygens (including phenoxy) is 2. The molecule has 4 rings (SSSR count). The Morgan fingerprint density at radius 1 is 1.37 bits per heavy atom. The number of imidazole rings is 1. The van der Waals surface area contributed by atoms with Crippen LogP contribution in [0.2, 0.25) is 0 Å². The lowest BCUT2D eigenvalue weighted by molar-refractivity contribution is -0.147. The van der Waals surface area contributed by atoms with Crippen molar-refractivity contribution in [1.29, 1.82) is 0 Å². The van der Waals surface area contributed by atoms with E-state index in [0.29, 0.717) is 0 Å². The summed E-state index contributed by atoms with van der Waals surface area (Å²) < 4.78 is 54.5. The fourth-order valence-electron chi connectivity index (χ4n) is 4.19. The summed E-state index contributed by atoms with van der Waals surface area (Å²) in [6, 6.07) is 0. The average molecular weight is 668 g/mol. The molecule has 228 valence electrons. The third kappa shape index (κ3) is 6.63. The molecular formula is C22H32BrFN7O9P. The van der Waals surface area contributed by atoms with Crippen LogP contribution < -0.4 is 16.8 Å². The number of aliphatic hydroxyl groups excluding tert-OH is 1. The summed E-state index contributed by atoms with van der Waals surface area (Å²) in [4.78, 5) is 36.5. The van der Waals surface area contributed by atoms with Gasteiger partial charge in [-0.05, 0) is 29.8 Å². The molecule has 2 aromatic heterocycles. The molecular weight excluding hydrogens is 636 g/mol. The first kappa shape index (κ1) is 31.5. The van der Waals surface area contributed by atoms with Gasteiger partial charge < -0.3 is 31.4 Å². The maximum absolute atomic E-state index is 15.7. The Labute approximate surface area is 242 Å². The molecule has 19 heteroatoms. The van der Waals surface area contributed by atoms with Gasteiger partial charge in [-0.15, -0.1) is 0 Å². The zero-order valence-electron chi connectivity index (χ0n) is 22.7. The predicted octanol–water partition coefficient (Wildman–Crippen LogP) is 1.33. The minimum atomic E-state index is -4.38. The van der Waals surface area contributed by atoms with Crippen molar-refractivity contribution in [3.05, 3.63) is 6.33 Å². The number of carbonyl (C=O) groups excluding carboxylic acids is 2. The second-order valence-corrected chi connectivity index (χ2v) is 13.3. The number of aromatic nitrogens is 4. The van der Waals surface area contributed by atoms with E-state index < -0.39 is 60.8 Å². The first-order valence-corrected chi connectivity index (χ1v) is 14.8. The lowest BCUT2D eigenvalue weighted by Gasteiger charge is -2.39. The molecule has 6 atom stereocenters. The Morgan fingerprint density at radius 2 is 2.07 bits per heavy atom. The van der Waals surface area contributed by atoms with Crippen molar-refractivity contribution in [2.45, 2.75) is 69.3 Å². The largest absolute Gasteiger partial charge is 0.475 e. The lowest BCUT2D eigenvalue weighted by Crippen LogP contribution is -2.50. The van der Waals surface area contributed by atoms with Crippen LogP contribution in [0.15, 0.2) is 6.33 Å². The van der Waals surface area contributed by atoms with Gasteiger partial charge in [0, 0.05) is 12.0 Å². The van der Waals surface area contributed by atoms with E-state index >= 15 is 4.39 Å². The van der Waals surface area contributed by atoms with Crippen LogP contribution in [0.1, 0.15) is 40.3 Å². The number of hydrogen-bond donors (Lipinski definition) is 4. The van der Waals surface area contributed by atoms with Gasteiger partial charge >= 0.3 is 13.8 Å². The molecule has 16 nitrogen and oxygen atoms in total. The van der Waals surface area contributed by atoms with Gasteiger partial charge in [-0.2, -0.15) is 9.97 Å². The van der Waals surface area contributed by atoms with Crippen LogP contribution in [-0.2, 0) is 37.2 Å². The van der Waals surface area contributed by atoms with Crippen molar-refractivity contribution >= 4 is 58.6 Å². The molecule has 0 radical (unpaired) electrons. The van der Waals surface area contributed by atoms with Gasteiger partial charge in [0.2, 0.25) is 16.4 Å². The van der Waals surface area contributed by atoms with Crippen LogP contribution in [0.3, 0.4) is 0 Å². The van der Waals surface area contributed by atoms with Gasteiger partial charge in [-0.3, -0.25) is 27.7 Å². The molecule has 0 saturated carbocycles. The number of nitrogen functional groups attached to an aromatic ring is 2. The van der Waals surface area contributed by atoms with Crippen molar-refractivity contribution in [3.63, 3.8) is 0 Å². The van der Waals surface area contributed by atoms with Crippen LogP contribution in [0.4, 0.5) is 16.2 Å². The Bertz CT molecular complexity index is 1360. The number of halogens is 2. The lowest BCUT2D eigenvalue weighted by atomic mass is 9.87. The molecule has 41 heavy (non-hydrogen) atoms. The number of phosphoric acid groups is 1. The molecule has 0 bridgehead atoms. The second-order valence-electron chi connectivity index (χ2n) is 10.5. The van der Waals surface area contributed by atoms with E-state index in [1.54, 1.807) is 27.7 Å². The molecule has 0 aromatic carbocycles. The summed E-state index contributed by atoms with van der Waals surface area (Å²) in [6.45, 7) is 5.85. The molecule has 1 amide bonds. The standard InChI is InChI=1S/C22H32BrFN7O9P/c1-10(2)38-12(32)5-6-27-18(34)15-21(3,4)8-37-41(35,40-15)36-7-11-14(33)22(23,24)19(39-11)31-9-28-13-16(25)29-20(26)30-17(13)31/h9-11,14-15,19,33H,5-8H2,1-4H3,(H,27,34)(H4,25,26,29,30)/t11-,14?,15+,19-,22?,41?/m1/s1. The van der Waals surface area contributed by atoms with E-state index in [2.05, 4.69) is 36.2 Å². The van der Waals surface area contributed by atoms with E-state index in [1.807, 2.05) is 0 Å². The molecule has 2 fully saturated rings. The fraction of sp³-hybridized carbons (Fsp3) is 0.682. The number of nitrogens with two attached hydrogens (primary N) is 2. The Balaban J connectivity index is 1.42. The molecule has 3 unspecified atom stereocenters. The molecule has 4 heterocycles. The van der Waals surface area contributed by atoms with E-state index in [1.165, 1.54) is 6.33 Å². The highest BCUT2D eigenvalue weighted by atomic mass is 79.9. The molecule has 2 aliphatic heterocycles. The highest BCUT2D eigenvalue weighted by molar-refractivity contribution is 9.10. The predicted molar refractivity (Wildman–Crippen MR) is 144 cm³/mol. The zero-order valence-corrected chi connectivity index (χ0v) is 25.1. The maximum Gasteiger partial charge on any atom is 0.475 e. The minimum absolute atomic E-state index is 0.0367. The van der Waals surface area contributed by atoms with Crippen molar-refractivity contribution in [3.8, 4) is 0 Å². The number of fused-ring (bicyclic) bond motifs is 1. The maximum atomic E-state index is 15.7. The van der Waals surface area contributed by atoms with Crippen molar-refractivity contribution in [2.75, 3.05) is 31.2 Å². The first-order chi connectivity index (χ1) is 19.0. The molecule has 2 aliphatic rings. The summed E-state index contributed by atoms with van der Waals surface area (Å²) in [6.07, 6.45) is -5.21. The number of amides is 1. The summed E-state index contributed by atoms with van der Waals surface area (Å²) in [5, 5.41) is 13.2. The first-order valence-electron chi connectivity index (χ1n) is 12.6. The van der Waals surface area contributed by atoms with Crippen LogP contribution in [0.25, 0.3) is 11.2 Å². The molecule has 0 spiro atoms. The highest BCUT2D eigenvalue weighted by Crippen LogP contribution is 2.58. The topological polar surface area (TPSA) is 225 Å².